The Bertz CT molecular complexity index is 341. The van der Waals surface area contributed by atoms with Gasteiger partial charge in [0, 0.05) is 12.5 Å². The summed E-state index contributed by atoms with van der Waals surface area (Å²) in [6.07, 6.45) is 10.6. The summed E-state index contributed by atoms with van der Waals surface area (Å²) >= 11 is 0. The van der Waals surface area contributed by atoms with Crippen LogP contribution in [-0.4, -0.2) is 12.7 Å². The van der Waals surface area contributed by atoms with Crippen LogP contribution >= 0.6 is 0 Å². The SMILES string of the molecule is C=C1CC[C@@H]2CO[C@H]([C@H]3CCC=C(C)C3)[C@H]1C2. The highest BCUT2D eigenvalue weighted by Crippen LogP contribution is 2.44. The first-order valence-corrected chi connectivity index (χ1v) is 7.19. The van der Waals surface area contributed by atoms with Gasteiger partial charge in [0.15, 0.2) is 0 Å². The van der Waals surface area contributed by atoms with Gasteiger partial charge in [-0.15, -0.1) is 0 Å². The first-order chi connectivity index (χ1) is 8.24. The molecule has 3 aliphatic rings. The van der Waals surface area contributed by atoms with E-state index in [2.05, 4.69) is 19.6 Å². The van der Waals surface area contributed by atoms with Crippen LogP contribution in [0.4, 0.5) is 0 Å². The number of ether oxygens (including phenoxy) is 1. The van der Waals surface area contributed by atoms with Crippen LogP contribution in [0.2, 0.25) is 0 Å². The van der Waals surface area contributed by atoms with Crippen LogP contribution < -0.4 is 0 Å². The Morgan fingerprint density at radius 3 is 3.06 bits per heavy atom. The van der Waals surface area contributed by atoms with Gasteiger partial charge in [0.1, 0.15) is 0 Å². The summed E-state index contributed by atoms with van der Waals surface area (Å²) in [5.74, 6) is 2.24. The van der Waals surface area contributed by atoms with E-state index in [0.717, 1.165) is 18.4 Å². The number of rotatable bonds is 1. The third kappa shape index (κ3) is 2.22. The lowest BCUT2D eigenvalue weighted by atomic mass is 9.69. The maximum atomic E-state index is 6.22. The van der Waals surface area contributed by atoms with E-state index in [1.165, 1.54) is 44.1 Å². The summed E-state index contributed by atoms with van der Waals surface area (Å²) in [6, 6.07) is 0. The standard InChI is InChI=1S/C16H24O/c1-11-4-3-5-14(8-11)16-15-9-13(10-17-16)7-6-12(15)2/h4,13-16H,2-3,5-10H2,1H3/t13-,14-,15-,16+/m0/s1. The fraction of sp³-hybridized carbons (Fsp3) is 0.750. The Morgan fingerprint density at radius 2 is 2.24 bits per heavy atom. The summed E-state index contributed by atoms with van der Waals surface area (Å²) in [6.45, 7) is 7.58. The van der Waals surface area contributed by atoms with E-state index in [0.29, 0.717) is 12.0 Å². The molecule has 3 rings (SSSR count). The topological polar surface area (TPSA) is 9.23 Å². The third-order valence-corrected chi connectivity index (χ3v) is 4.99. The summed E-state index contributed by atoms with van der Waals surface area (Å²) in [7, 11) is 0. The lowest BCUT2D eigenvalue weighted by Crippen LogP contribution is -2.43. The second-order valence-corrected chi connectivity index (χ2v) is 6.30. The van der Waals surface area contributed by atoms with Gasteiger partial charge in [-0.2, -0.15) is 0 Å². The van der Waals surface area contributed by atoms with E-state index in [1.807, 2.05) is 0 Å². The molecule has 1 nitrogen and oxygen atoms in total. The molecule has 2 aliphatic carbocycles. The Labute approximate surface area is 105 Å². The van der Waals surface area contributed by atoms with E-state index in [1.54, 1.807) is 5.57 Å². The first kappa shape index (κ1) is 11.5. The van der Waals surface area contributed by atoms with E-state index in [4.69, 9.17) is 4.74 Å². The minimum Gasteiger partial charge on any atom is -0.377 e. The van der Waals surface area contributed by atoms with Crippen molar-refractivity contribution in [2.45, 2.75) is 51.6 Å². The smallest absolute Gasteiger partial charge is 0.0671 e. The Kier molecular flexibility index (Phi) is 3.12. The minimum absolute atomic E-state index is 0.475. The summed E-state index contributed by atoms with van der Waals surface area (Å²) in [5.41, 5.74) is 3.03. The van der Waals surface area contributed by atoms with Crippen LogP contribution in [0.3, 0.4) is 0 Å². The van der Waals surface area contributed by atoms with E-state index in [-0.39, 0.29) is 0 Å². The molecule has 1 saturated carbocycles. The number of hydrogen-bond donors (Lipinski definition) is 0. The van der Waals surface area contributed by atoms with Crippen molar-refractivity contribution >= 4 is 0 Å². The minimum atomic E-state index is 0.475. The van der Waals surface area contributed by atoms with Crippen molar-refractivity contribution in [2.24, 2.45) is 17.8 Å². The lowest BCUT2D eigenvalue weighted by molar-refractivity contribution is -0.0881. The van der Waals surface area contributed by atoms with Crippen molar-refractivity contribution in [3.8, 4) is 0 Å². The number of allylic oxidation sites excluding steroid dienone is 2. The first-order valence-electron chi connectivity index (χ1n) is 7.19. The van der Waals surface area contributed by atoms with Gasteiger partial charge < -0.3 is 4.74 Å². The highest BCUT2D eigenvalue weighted by atomic mass is 16.5. The Morgan fingerprint density at radius 1 is 1.35 bits per heavy atom. The van der Waals surface area contributed by atoms with Crippen LogP contribution in [0, 0.1) is 17.8 Å². The molecule has 1 aliphatic heterocycles. The summed E-state index contributed by atoms with van der Waals surface area (Å²) in [4.78, 5) is 0. The van der Waals surface area contributed by atoms with Crippen molar-refractivity contribution in [1.82, 2.24) is 0 Å². The van der Waals surface area contributed by atoms with Gasteiger partial charge in [-0.25, -0.2) is 0 Å². The zero-order chi connectivity index (χ0) is 11.8. The monoisotopic (exact) mass is 232 g/mol. The van der Waals surface area contributed by atoms with Gasteiger partial charge in [0.2, 0.25) is 0 Å². The molecule has 94 valence electrons. The normalized spacial score (nSPS) is 42.2. The fourth-order valence-electron chi connectivity index (χ4n) is 3.99. The molecule has 0 spiro atoms. The molecule has 2 fully saturated rings. The zero-order valence-corrected chi connectivity index (χ0v) is 11.0. The molecule has 1 saturated heterocycles. The quantitative estimate of drug-likeness (QED) is 0.618. The average molecular weight is 232 g/mol. The Balaban J connectivity index is 1.74. The predicted molar refractivity (Wildman–Crippen MR) is 70.8 cm³/mol. The molecule has 0 aromatic carbocycles. The highest BCUT2D eigenvalue weighted by molar-refractivity contribution is 5.13. The van der Waals surface area contributed by atoms with Crippen LogP contribution in [-0.2, 0) is 4.74 Å². The molecule has 4 atom stereocenters. The molecule has 1 heteroatoms. The largest absolute Gasteiger partial charge is 0.377 e. The van der Waals surface area contributed by atoms with Gasteiger partial charge in [-0.1, -0.05) is 23.8 Å². The van der Waals surface area contributed by atoms with Crippen molar-refractivity contribution in [2.75, 3.05) is 6.61 Å². The third-order valence-electron chi connectivity index (χ3n) is 4.99. The Hall–Kier alpha value is -0.560. The van der Waals surface area contributed by atoms with E-state index in [9.17, 15) is 0 Å². The zero-order valence-electron chi connectivity index (χ0n) is 11.0. The molecule has 1 heterocycles. The summed E-state index contributed by atoms with van der Waals surface area (Å²) in [5, 5.41) is 0. The molecule has 0 aromatic rings. The number of fused-ring (bicyclic) bond motifs is 2. The van der Waals surface area contributed by atoms with Gasteiger partial charge in [-0.05, 0) is 57.3 Å². The molecular weight excluding hydrogens is 208 g/mol. The molecule has 0 unspecified atom stereocenters. The molecule has 2 bridgehead atoms. The van der Waals surface area contributed by atoms with E-state index >= 15 is 0 Å². The average Bonchev–Trinajstić information content (AvgIpc) is 2.34. The van der Waals surface area contributed by atoms with Gasteiger partial charge in [-0.3, -0.25) is 0 Å². The highest BCUT2D eigenvalue weighted by Gasteiger charge is 2.40. The van der Waals surface area contributed by atoms with Crippen LogP contribution in [0.1, 0.15) is 45.4 Å². The number of hydrogen-bond acceptors (Lipinski definition) is 1. The second-order valence-electron chi connectivity index (χ2n) is 6.30. The second kappa shape index (κ2) is 4.61. The molecule has 0 N–H and O–H groups in total. The molecule has 17 heavy (non-hydrogen) atoms. The van der Waals surface area contributed by atoms with Crippen molar-refractivity contribution in [3.63, 3.8) is 0 Å². The maximum absolute atomic E-state index is 6.22. The molecule has 0 radical (unpaired) electrons. The van der Waals surface area contributed by atoms with Gasteiger partial charge in [0.05, 0.1) is 6.10 Å². The van der Waals surface area contributed by atoms with Crippen LogP contribution in [0.25, 0.3) is 0 Å². The molecule has 0 amide bonds. The van der Waals surface area contributed by atoms with Gasteiger partial charge in [0.25, 0.3) is 0 Å². The van der Waals surface area contributed by atoms with Crippen LogP contribution in [0.5, 0.6) is 0 Å². The molecule has 0 aromatic heterocycles. The van der Waals surface area contributed by atoms with Crippen molar-refractivity contribution in [3.05, 3.63) is 23.8 Å². The van der Waals surface area contributed by atoms with Crippen LogP contribution in [0.15, 0.2) is 23.8 Å². The van der Waals surface area contributed by atoms with Crippen molar-refractivity contribution < 1.29 is 4.74 Å². The molecular formula is C16H24O. The lowest BCUT2D eigenvalue weighted by Gasteiger charge is -2.45. The van der Waals surface area contributed by atoms with Crippen molar-refractivity contribution in [1.29, 1.82) is 0 Å². The predicted octanol–water partition coefficient (Wildman–Crippen LogP) is 4.10. The fourth-order valence-corrected chi connectivity index (χ4v) is 3.99. The van der Waals surface area contributed by atoms with E-state index < -0.39 is 0 Å². The maximum Gasteiger partial charge on any atom is 0.0671 e. The summed E-state index contributed by atoms with van der Waals surface area (Å²) < 4.78 is 6.22. The van der Waals surface area contributed by atoms with Gasteiger partial charge >= 0.3 is 0 Å².